The normalized spacial score (nSPS) is 11.1. The van der Waals surface area contributed by atoms with Crippen LogP contribution in [-0.2, 0) is 6.54 Å². The lowest BCUT2D eigenvalue weighted by molar-refractivity contribution is 0.836. The molecule has 3 aromatic rings. The third-order valence-electron chi connectivity index (χ3n) is 3.26. The minimum Gasteiger partial charge on any atom is -0.327 e. The van der Waals surface area contributed by atoms with E-state index >= 15 is 0 Å². The van der Waals surface area contributed by atoms with Crippen LogP contribution in [-0.4, -0.2) is 10.8 Å². The number of halogens is 1. The van der Waals surface area contributed by atoms with Crippen LogP contribution in [0.3, 0.4) is 0 Å². The van der Waals surface area contributed by atoms with Crippen LogP contribution in [0, 0.1) is 0 Å². The van der Waals surface area contributed by atoms with Crippen LogP contribution in [0.1, 0.15) is 5.56 Å². The van der Waals surface area contributed by atoms with Crippen LogP contribution in [0.15, 0.2) is 59.5 Å². The summed E-state index contributed by atoms with van der Waals surface area (Å²) in [6.07, 6.45) is 2.09. The summed E-state index contributed by atoms with van der Waals surface area (Å²) in [5.74, 6) is 0. The lowest BCUT2D eigenvalue weighted by Crippen LogP contribution is -1.99. The number of rotatable bonds is 3. The molecular formula is C16H14ClNS. The molecule has 3 rings (SSSR count). The Labute approximate surface area is 122 Å². The molecule has 0 N–H and O–H groups in total. The second-order valence-electron chi connectivity index (χ2n) is 4.46. The maximum atomic E-state index is 6.33. The largest absolute Gasteiger partial charge is 0.327 e. The quantitative estimate of drug-likeness (QED) is 0.609. The summed E-state index contributed by atoms with van der Waals surface area (Å²) in [5.41, 5.74) is 2.45. The number of para-hydroxylation sites is 1. The van der Waals surface area contributed by atoms with Gasteiger partial charge in [0, 0.05) is 22.3 Å². The van der Waals surface area contributed by atoms with Crippen molar-refractivity contribution in [3.8, 4) is 0 Å². The summed E-state index contributed by atoms with van der Waals surface area (Å²) in [7, 11) is 0. The average molecular weight is 288 g/mol. The third-order valence-corrected chi connectivity index (χ3v) is 4.32. The first-order valence-corrected chi connectivity index (χ1v) is 7.75. The number of thioether (sulfide) groups is 1. The summed E-state index contributed by atoms with van der Waals surface area (Å²) < 4.78 is 2.14. The number of fused-ring (bicyclic) bond motifs is 1. The van der Waals surface area contributed by atoms with Crippen molar-refractivity contribution in [1.29, 1.82) is 0 Å². The molecule has 0 saturated heterocycles. The molecule has 0 bridgehead atoms. The molecule has 3 heteroatoms. The first-order valence-electron chi connectivity index (χ1n) is 6.14. The highest BCUT2D eigenvalue weighted by atomic mass is 35.5. The van der Waals surface area contributed by atoms with E-state index < -0.39 is 0 Å². The Bertz CT molecular complexity index is 700. The molecule has 0 amide bonds. The third kappa shape index (κ3) is 2.51. The predicted octanol–water partition coefficient (Wildman–Crippen LogP) is 5.06. The van der Waals surface area contributed by atoms with Gasteiger partial charge in [0.05, 0.1) is 0 Å². The van der Waals surface area contributed by atoms with Crippen molar-refractivity contribution in [2.24, 2.45) is 0 Å². The fourth-order valence-electron chi connectivity index (χ4n) is 2.25. The van der Waals surface area contributed by atoms with E-state index in [2.05, 4.69) is 47.2 Å². The van der Waals surface area contributed by atoms with Crippen molar-refractivity contribution in [2.75, 3.05) is 6.26 Å². The lowest BCUT2D eigenvalue weighted by Gasteiger charge is -2.08. The van der Waals surface area contributed by atoms with E-state index in [9.17, 15) is 0 Å². The highest BCUT2D eigenvalue weighted by Gasteiger charge is 2.06. The van der Waals surface area contributed by atoms with E-state index in [0.29, 0.717) is 0 Å². The second-order valence-corrected chi connectivity index (χ2v) is 5.73. The van der Waals surface area contributed by atoms with Gasteiger partial charge in [-0.2, -0.15) is 0 Å². The standard InChI is InChI=1S/C16H14ClNS/c1-19-14-8-6-12(7-9-14)11-18-15-5-3-2-4-13(15)10-16(18)17/h2-10H,11H2,1H3. The van der Waals surface area contributed by atoms with Crippen molar-refractivity contribution in [1.82, 2.24) is 4.57 Å². The first-order chi connectivity index (χ1) is 9.28. The monoisotopic (exact) mass is 287 g/mol. The number of aromatic nitrogens is 1. The van der Waals surface area contributed by atoms with E-state index in [0.717, 1.165) is 11.7 Å². The Hall–Kier alpha value is -1.38. The number of hydrogen-bond donors (Lipinski definition) is 0. The van der Waals surface area contributed by atoms with Gasteiger partial charge < -0.3 is 4.57 Å². The van der Waals surface area contributed by atoms with Crippen molar-refractivity contribution in [3.63, 3.8) is 0 Å². The molecule has 0 unspecified atom stereocenters. The zero-order chi connectivity index (χ0) is 13.2. The van der Waals surface area contributed by atoms with Gasteiger partial charge in [-0.05, 0) is 36.1 Å². The fraction of sp³-hybridized carbons (Fsp3) is 0.125. The Morgan fingerprint density at radius 1 is 1.05 bits per heavy atom. The number of hydrogen-bond acceptors (Lipinski definition) is 1. The molecular weight excluding hydrogens is 274 g/mol. The SMILES string of the molecule is CSc1ccc(Cn2c(Cl)cc3ccccc32)cc1. The van der Waals surface area contributed by atoms with Crippen LogP contribution < -0.4 is 0 Å². The van der Waals surface area contributed by atoms with Crippen LogP contribution in [0.25, 0.3) is 10.9 Å². The number of benzene rings is 2. The summed E-state index contributed by atoms with van der Waals surface area (Å²) in [6.45, 7) is 0.807. The van der Waals surface area contributed by atoms with Gasteiger partial charge in [0.25, 0.3) is 0 Å². The molecule has 0 aliphatic rings. The highest BCUT2D eigenvalue weighted by Crippen LogP contribution is 2.25. The molecule has 0 aliphatic carbocycles. The van der Waals surface area contributed by atoms with E-state index in [1.165, 1.54) is 21.4 Å². The van der Waals surface area contributed by atoms with Gasteiger partial charge >= 0.3 is 0 Å². The maximum Gasteiger partial charge on any atom is 0.110 e. The van der Waals surface area contributed by atoms with Gasteiger partial charge in [-0.3, -0.25) is 0 Å². The minimum atomic E-state index is 0.787. The second kappa shape index (κ2) is 5.32. The van der Waals surface area contributed by atoms with Gasteiger partial charge in [0.2, 0.25) is 0 Å². The molecule has 19 heavy (non-hydrogen) atoms. The van der Waals surface area contributed by atoms with Gasteiger partial charge in [-0.1, -0.05) is 41.9 Å². The molecule has 0 aliphatic heterocycles. The van der Waals surface area contributed by atoms with Crippen molar-refractivity contribution in [2.45, 2.75) is 11.4 Å². The molecule has 0 spiro atoms. The summed E-state index contributed by atoms with van der Waals surface area (Å²) in [6, 6.07) is 18.9. The zero-order valence-electron chi connectivity index (χ0n) is 10.6. The molecule has 96 valence electrons. The van der Waals surface area contributed by atoms with Crippen LogP contribution in [0.2, 0.25) is 5.15 Å². The van der Waals surface area contributed by atoms with E-state index in [1.807, 2.05) is 18.2 Å². The molecule has 0 atom stereocenters. The summed E-state index contributed by atoms with van der Waals surface area (Å²) in [4.78, 5) is 1.28. The van der Waals surface area contributed by atoms with Gasteiger partial charge in [-0.15, -0.1) is 11.8 Å². The Balaban J connectivity index is 1.98. The lowest BCUT2D eigenvalue weighted by atomic mass is 10.2. The maximum absolute atomic E-state index is 6.33. The van der Waals surface area contributed by atoms with Gasteiger partial charge in [0.1, 0.15) is 5.15 Å². The molecule has 0 radical (unpaired) electrons. The van der Waals surface area contributed by atoms with E-state index in [4.69, 9.17) is 11.6 Å². The van der Waals surface area contributed by atoms with Crippen molar-refractivity contribution in [3.05, 3.63) is 65.3 Å². The van der Waals surface area contributed by atoms with Crippen LogP contribution >= 0.6 is 23.4 Å². The van der Waals surface area contributed by atoms with Gasteiger partial charge in [0.15, 0.2) is 0 Å². The Kier molecular flexibility index (Phi) is 3.54. The van der Waals surface area contributed by atoms with Crippen molar-refractivity contribution < 1.29 is 0 Å². The smallest absolute Gasteiger partial charge is 0.110 e. The molecule has 0 saturated carbocycles. The zero-order valence-corrected chi connectivity index (χ0v) is 12.2. The molecule has 2 aromatic carbocycles. The highest BCUT2D eigenvalue weighted by molar-refractivity contribution is 7.98. The fourth-order valence-corrected chi connectivity index (χ4v) is 2.93. The number of nitrogens with zero attached hydrogens (tertiary/aromatic N) is 1. The molecule has 1 aromatic heterocycles. The molecule has 1 heterocycles. The topological polar surface area (TPSA) is 4.93 Å². The predicted molar refractivity (Wildman–Crippen MR) is 84.3 cm³/mol. The molecule has 0 fully saturated rings. The van der Waals surface area contributed by atoms with Crippen molar-refractivity contribution >= 4 is 34.3 Å². The van der Waals surface area contributed by atoms with Crippen LogP contribution in [0.4, 0.5) is 0 Å². The van der Waals surface area contributed by atoms with Crippen LogP contribution in [0.5, 0.6) is 0 Å². The summed E-state index contributed by atoms with van der Waals surface area (Å²) in [5, 5.41) is 1.98. The van der Waals surface area contributed by atoms with E-state index in [-0.39, 0.29) is 0 Å². The van der Waals surface area contributed by atoms with Gasteiger partial charge in [-0.25, -0.2) is 0 Å². The Morgan fingerprint density at radius 3 is 2.53 bits per heavy atom. The minimum absolute atomic E-state index is 0.787. The first kappa shape index (κ1) is 12.6. The Morgan fingerprint density at radius 2 is 1.79 bits per heavy atom. The van der Waals surface area contributed by atoms with E-state index in [1.54, 1.807) is 11.8 Å². The summed E-state index contributed by atoms with van der Waals surface area (Å²) >= 11 is 8.09. The molecule has 1 nitrogen and oxygen atoms in total. The average Bonchev–Trinajstić information content (AvgIpc) is 2.76.